The third-order valence-electron chi connectivity index (χ3n) is 2.56. The second-order valence-corrected chi connectivity index (χ2v) is 9.55. The van der Waals surface area contributed by atoms with Gasteiger partial charge in [-0.15, -0.1) is 11.3 Å². The van der Waals surface area contributed by atoms with Crippen LogP contribution in [0.25, 0.3) is 0 Å². The highest BCUT2D eigenvalue weighted by atomic mass is 79.9. The fourth-order valence-electron chi connectivity index (χ4n) is 1.63. The van der Waals surface area contributed by atoms with Crippen LogP contribution in [-0.4, -0.2) is 19.5 Å². The highest BCUT2D eigenvalue weighted by Crippen LogP contribution is 2.36. The summed E-state index contributed by atoms with van der Waals surface area (Å²) in [5, 5.41) is 9.17. The van der Waals surface area contributed by atoms with E-state index in [1.807, 2.05) is 0 Å². The molecule has 0 saturated carbocycles. The average Bonchev–Trinajstić information content (AvgIpc) is 2.71. The van der Waals surface area contributed by atoms with Crippen molar-refractivity contribution in [1.82, 2.24) is 0 Å². The van der Waals surface area contributed by atoms with Crippen LogP contribution in [0, 0.1) is 6.92 Å². The number of carboxylic acid groups (broad SMARTS) is 1. The van der Waals surface area contributed by atoms with E-state index in [1.165, 1.54) is 29.5 Å². The van der Waals surface area contributed by atoms with Crippen LogP contribution >= 0.6 is 43.2 Å². The quantitative estimate of drug-likeness (QED) is 0.728. The van der Waals surface area contributed by atoms with Crippen molar-refractivity contribution in [2.75, 3.05) is 4.72 Å². The number of thiophene rings is 1. The van der Waals surface area contributed by atoms with Crippen LogP contribution in [0.5, 0.6) is 0 Å². The molecule has 0 unspecified atom stereocenters. The van der Waals surface area contributed by atoms with Crippen LogP contribution in [0.1, 0.15) is 15.9 Å². The van der Waals surface area contributed by atoms with Gasteiger partial charge in [-0.3, -0.25) is 4.72 Å². The second-order valence-electron chi connectivity index (χ2n) is 4.15. The van der Waals surface area contributed by atoms with Gasteiger partial charge < -0.3 is 5.11 Å². The Labute approximate surface area is 142 Å². The standard InChI is InChI=1S/C12H9Br2NO4S2/c1-6-2-3-8(7(4-6)12(16)17)15-21(18,19)9-5-10(13)20-11(9)14/h2-5,15H,1H3,(H,16,17). The Bertz CT molecular complexity index is 815. The number of carbonyl (C=O) groups is 1. The van der Waals surface area contributed by atoms with Crippen LogP contribution in [0.3, 0.4) is 0 Å². The molecule has 21 heavy (non-hydrogen) atoms. The minimum Gasteiger partial charge on any atom is -0.478 e. The summed E-state index contributed by atoms with van der Waals surface area (Å²) < 4.78 is 28.1. The molecule has 5 nitrogen and oxygen atoms in total. The van der Waals surface area contributed by atoms with Crippen LogP contribution in [-0.2, 0) is 10.0 Å². The molecule has 112 valence electrons. The lowest BCUT2D eigenvalue weighted by molar-refractivity contribution is 0.0698. The second kappa shape index (κ2) is 6.07. The Morgan fingerprint density at radius 3 is 2.48 bits per heavy atom. The summed E-state index contributed by atoms with van der Waals surface area (Å²) in [6.07, 6.45) is 0. The molecule has 0 amide bonds. The molecule has 1 heterocycles. The van der Waals surface area contributed by atoms with Gasteiger partial charge >= 0.3 is 5.97 Å². The first-order valence-corrected chi connectivity index (χ1v) is 9.41. The van der Waals surface area contributed by atoms with Crippen molar-refractivity contribution in [2.45, 2.75) is 11.8 Å². The van der Waals surface area contributed by atoms with Gasteiger partial charge in [-0.05, 0) is 57.0 Å². The molecule has 0 atom stereocenters. The molecule has 0 aliphatic rings. The fourth-order valence-corrected chi connectivity index (χ4v) is 6.52. The number of rotatable bonds is 4. The van der Waals surface area contributed by atoms with Crippen LogP contribution in [0.15, 0.2) is 36.7 Å². The number of halogens is 2. The number of benzene rings is 1. The third-order valence-corrected chi connectivity index (χ3v) is 6.69. The van der Waals surface area contributed by atoms with Gasteiger partial charge in [0.05, 0.1) is 18.8 Å². The van der Waals surface area contributed by atoms with Gasteiger partial charge in [0.15, 0.2) is 0 Å². The molecule has 0 fully saturated rings. The van der Waals surface area contributed by atoms with Gasteiger partial charge in [-0.25, -0.2) is 13.2 Å². The smallest absolute Gasteiger partial charge is 0.337 e. The van der Waals surface area contributed by atoms with E-state index in [9.17, 15) is 13.2 Å². The van der Waals surface area contributed by atoms with E-state index in [-0.39, 0.29) is 16.1 Å². The van der Waals surface area contributed by atoms with E-state index in [0.717, 1.165) is 5.56 Å². The Balaban J connectivity index is 2.47. The van der Waals surface area contributed by atoms with Crippen molar-refractivity contribution < 1.29 is 18.3 Å². The number of hydrogen-bond donors (Lipinski definition) is 2. The lowest BCUT2D eigenvalue weighted by atomic mass is 10.1. The largest absolute Gasteiger partial charge is 0.478 e. The van der Waals surface area contributed by atoms with Crippen LogP contribution < -0.4 is 4.72 Å². The molecule has 1 aromatic heterocycles. The van der Waals surface area contributed by atoms with Gasteiger partial charge in [0, 0.05) is 0 Å². The Morgan fingerprint density at radius 1 is 1.29 bits per heavy atom. The van der Waals surface area contributed by atoms with Gasteiger partial charge in [-0.1, -0.05) is 11.6 Å². The van der Waals surface area contributed by atoms with Gasteiger partial charge in [0.25, 0.3) is 10.0 Å². The van der Waals surface area contributed by atoms with Crippen molar-refractivity contribution in [1.29, 1.82) is 0 Å². The van der Waals surface area contributed by atoms with E-state index in [2.05, 4.69) is 36.6 Å². The fraction of sp³-hybridized carbons (Fsp3) is 0.0833. The van der Waals surface area contributed by atoms with E-state index in [0.29, 0.717) is 7.57 Å². The average molecular weight is 455 g/mol. The Kier molecular flexibility index (Phi) is 4.76. The molecule has 2 aromatic rings. The molecule has 0 saturated heterocycles. The topological polar surface area (TPSA) is 83.5 Å². The number of aryl methyl sites for hydroxylation is 1. The van der Waals surface area contributed by atoms with Crippen LogP contribution in [0.2, 0.25) is 0 Å². The minimum atomic E-state index is -3.87. The highest BCUT2D eigenvalue weighted by molar-refractivity contribution is 9.12. The lowest BCUT2D eigenvalue weighted by Gasteiger charge is -2.10. The number of aromatic carboxylic acids is 1. The summed E-state index contributed by atoms with van der Waals surface area (Å²) in [6.45, 7) is 1.73. The molecular formula is C12H9Br2NO4S2. The molecule has 2 rings (SSSR count). The van der Waals surface area contributed by atoms with E-state index in [4.69, 9.17) is 5.11 Å². The number of anilines is 1. The predicted octanol–water partition coefficient (Wildman–Crippen LogP) is 4.08. The summed E-state index contributed by atoms with van der Waals surface area (Å²) >= 11 is 7.61. The lowest BCUT2D eigenvalue weighted by Crippen LogP contribution is -2.15. The molecule has 2 N–H and O–H groups in total. The first-order chi connectivity index (χ1) is 9.70. The normalized spacial score (nSPS) is 11.4. The van der Waals surface area contributed by atoms with Crippen molar-refractivity contribution in [3.8, 4) is 0 Å². The molecular weight excluding hydrogens is 446 g/mol. The van der Waals surface area contributed by atoms with Crippen molar-refractivity contribution in [3.63, 3.8) is 0 Å². The number of carboxylic acids is 1. The first-order valence-electron chi connectivity index (χ1n) is 5.52. The summed E-state index contributed by atoms with van der Waals surface area (Å²) in [7, 11) is -3.87. The van der Waals surface area contributed by atoms with Crippen molar-refractivity contribution in [2.24, 2.45) is 0 Å². The summed E-state index contributed by atoms with van der Waals surface area (Å²) in [5.41, 5.74) is 0.668. The molecule has 0 bridgehead atoms. The third kappa shape index (κ3) is 3.65. The first kappa shape index (κ1) is 16.5. The zero-order chi connectivity index (χ0) is 15.8. The summed E-state index contributed by atoms with van der Waals surface area (Å²) in [5.74, 6) is -1.19. The predicted molar refractivity (Wildman–Crippen MR) is 88.7 cm³/mol. The highest BCUT2D eigenvalue weighted by Gasteiger charge is 2.23. The Morgan fingerprint density at radius 2 is 1.95 bits per heavy atom. The van der Waals surface area contributed by atoms with Crippen molar-refractivity contribution in [3.05, 3.63) is 43.0 Å². The van der Waals surface area contributed by atoms with Crippen LogP contribution in [0.4, 0.5) is 5.69 Å². The molecule has 0 aliphatic carbocycles. The molecule has 0 spiro atoms. The Hall–Kier alpha value is -0.900. The SMILES string of the molecule is Cc1ccc(NS(=O)(=O)c2cc(Br)sc2Br)c(C(=O)O)c1. The molecule has 0 aliphatic heterocycles. The zero-order valence-electron chi connectivity index (χ0n) is 10.6. The van der Waals surface area contributed by atoms with Gasteiger partial charge in [-0.2, -0.15) is 0 Å². The monoisotopic (exact) mass is 453 g/mol. The maximum atomic E-state index is 12.3. The van der Waals surface area contributed by atoms with E-state index in [1.54, 1.807) is 13.0 Å². The van der Waals surface area contributed by atoms with Crippen molar-refractivity contribution >= 4 is 64.9 Å². The summed E-state index contributed by atoms with van der Waals surface area (Å²) in [6, 6.07) is 5.94. The molecule has 0 radical (unpaired) electrons. The van der Waals surface area contributed by atoms with Gasteiger partial charge in [0.2, 0.25) is 0 Å². The molecule has 1 aromatic carbocycles. The summed E-state index contributed by atoms with van der Waals surface area (Å²) in [4.78, 5) is 11.3. The van der Waals surface area contributed by atoms with Gasteiger partial charge in [0.1, 0.15) is 4.90 Å². The number of nitrogens with one attached hydrogen (secondary N) is 1. The van der Waals surface area contributed by atoms with E-state index >= 15 is 0 Å². The van der Waals surface area contributed by atoms with E-state index < -0.39 is 16.0 Å². The maximum absolute atomic E-state index is 12.3. The number of hydrogen-bond acceptors (Lipinski definition) is 4. The maximum Gasteiger partial charge on any atom is 0.337 e. The number of sulfonamides is 1. The molecule has 9 heteroatoms. The minimum absolute atomic E-state index is 0.0299. The zero-order valence-corrected chi connectivity index (χ0v) is 15.4.